The Hall–Kier alpha value is -2.24. The van der Waals surface area contributed by atoms with Gasteiger partial charge in [-0.2, -0.15) is 0 Å². The van der Waals surface area contributed by atoms with Gasteiger partial charge >= 0.3 is 6.03 Å². The first-order chi connectivity index (χ1) is 10.7. The minimum Gasteiger partial charge on any atom is -0.491 e. The molecular formula is C16H23N3O3. The average Bonchev–Trinajstić information content (AvgIpc) is 2.59. The molecule has 6 nitrogen and oxygen atoms in total. The van der Waals surface area contributed by atoms with Gasteiger partial charge in [0.15, 0.2) is 0 Å². The van der Waals surface area contributed by atoms with Crippen molar-refractivity contribution in [1.29, 1.82) is 0 Å². The molecule has 1 fully saturated rings. The fourth-order valence-electron chi connectivity index (χ4n) is 2.40. The van der Waals surface area contributed by atoms with E-state index in [1.54, 1.807) is 9.80 Å². The van der Waals surface area contributed by atoms with E-state index in [-0.39, 0.29) is 6.03 Å². The van der Waals surface area contributed by atoms with Gasteiger partial charge in [0.1, 0.15) is 12.4 Å². The largest absolute Gasteiger partial charge is 0.491 e. The van der Waals surface area contributed by atoms with Gasteiger partial charge in [0, 0.05) is 26.2 Å². The van der Waals surface area contributed by atoms with Crippen molar-refractivity contribution in [2.45, 2.75) is 13.3 Å². The van der Waals surface area contributed by atoms with E-state index >= 15 is 0 Å². The summed E-state index contributed by atoms with van der Waals surface area (Å²) in [7, 11) is 0. The molecule has 120 valence electrons. The second kappa shape index (κ2) is 8.26. The van der Waals surface area contributed by atoms with Crippen molar-refractivity contribution in [3.05, 3.63) is 29.8 Å². The predicted molar refractivity (Wildman–Crippen MR) is 83.9 cm³/mol. The Morgan fingerprint density at radius 1 is 1.27 bits per heavy atom. The van der Waals surface area contributed by atoms with Gasteiger partial charge in [-0.05, 0) is 18.1 Å². The predicted octanol–water partition coefficient (Wildman–Crippen LogP) is 1.11. The number of nitrogens with zero attached hydrogens (tertiary/aromatic N) is 2. The third kappa shape index (κ3) is 4.38. The summed E-state index contributed by atoms with van der Waals surface area (Å²) in [5.74, 6) is 0.874. The van der Waals surface area contributed by atoms with Crippen LogP contribution in [0.15, 0.2) is 24.3 Å². The number of rotatable bonds is 6. The molecule has 0 atom stereocenters. The Kier molecular flexibility index (Phi) is 6.06. The summed E-state index contributed by atoms with van der Waals surface area (Å²) in [6.45, 7) is 5.33. The van der Waals surface area contributed by atoms with Crippen LogP contribution >= 0.6 is 0 Å². The minimum absolute atomic E-state index is 0.0991. The number of urea groups is 1. The maximum Gasteiger partial charge on any atom is 0.317 e. The first-order valence-corrected chi connectivity index (χ1v) is 7.67. The molecule has 0 spiro atoms. The Bertz CT molecular complexity index is 499. The second-order valence-corrected chi connectivity index (χ2v) is 5.17. The number of hydrogen-bond donors (Lipinski definition) is 1. The highest BCUT2D eigenvalue weighted by Crippen LogP contribution is 2.17. The first kappa shape index (κ1) is 16.1. The van der Waals surface area contributed by atoms with Crippen LogP contribution in [0.1, 0.15) is 12.5 Å². The Labute approximate surface area is 131 Å². The van der Waals surface area contributed by atoms with Gasteiger partial charge in [0.05, 0.1) is 6.54 Å². The van der Waals surface area contributed by atoms with Crippen molar-refractivity contribution in [2.75, 3.05) is 39.3 Å². The summed E-state index contributed by atoms with van der Waals surface area (Å²) in [5, 5.41) is 2.85. The van der Waals surface area contributed by atoms with Crippen molar-refractivity contribution in [1.82, 2.24) is 15.1 Å². The molecule has 2 rings (SSSR count). The third-order valence-corrected chi connectivity index (χ3v) is 3.74. The lowest BCUT2D eigenvalue weighted by atomic mass is 10.1. The second-order valence-electron chi connectivity index (χ2n) is 5.17. The summed E-state index contributed by atoms with van der Waals surface area (Å²) in [4.78, 5) is 26.0. The zero-order chi connectivity index (χ0) is 15.8. The molecule has 1 aliphatic heterocycles. The molecule has 1 aliphatic rings. The third-order valence-electron chi connectivity index (χ3n) is 3.74. The number of para-hydroxylation sites is 1. The van der Waals surface area contributed by atoms with Crippen molar-refractivity contribution in [3.8, 4) is 5.75 Å². The fraction of sp³-hybridized carbons (Fsp3) is 0.500. The molecule has 0 radical (unpaired) electrons. The Morgan fingerprint density at radius 3 is 2.68 bits per heavy atom. The molecule has 6 heteroatoms. The van der Waals surface area contributed by atoms with Crippen molar-refractivity contribution < 1.29 is 14.3 Å². The molecule has 1 heterocycles. The monoisotopic (exact) mass is 305 g/mol. The number of piperazine rings is 1. The molecule has 0 aliphatic carbocycles. The van der Waals surface area contributed by atoms with Crippen LogP contribution in [0.3, 0.4) is 0 Å². The number of carbonyl (C=O) groups excluding carboxylic acids is 2. The van der Waals surface area contributed by atoms with Crippen molar-refractivity contribution in [3.63, 3.8) is 0 Å². The van der Waals surface area contributed by atoms with Crippen molar-refractivity contribution in [2.24, 2.45) is 0 Å². The van der Waals surface area contributed by atoms with Gasteiger partial charge in [-0.1, -0.05) is 25.1 Å². The van der Waals surface area contributed by atoms with Crippen LogP contribution in [-0.2, 0) is 11.2 Å². The lowest BCUT2D eigenvalue weighted by molar-refractivity contribution is -0.119. The Balaban J connectivity index is 1.68. The van der Waals surface area contributed by atoms with Crippen LogP contribution < -0.4 is 10.1 Å². The topological polar surface area (TPSA) is 61.9 Å². The number of carbonyl (C=O) groups is 2. The van der Waals surface area contributed by atoms with Crippen LogP contribution in [0, 0.1) is 0 Å². The number of aryl methyl sites for hydroxylation is 1. The summed E-state index contributed by atoms with van der Waals surface area (Å²) in [5.41, 5.74) is 1.17. The van der Waals surface area contributed by atoms with E-state index in [1.807, 2.05) is 24.3 Å². The molecule has 1 aromatic carbocycles. The molecule has 0 bridgehead atoms. The highest BCUT2D eigenvalue weighted by Gasteiger charge is 2.19. The van der Waals surface area contributed by atoms with Gasteiger partial charge < -0.3 is 19.9 Å². The molecule has 3 amide bonds. The van der Waals surface area contributed by atoms with Crippen LogP contribution in [0.25, 0.3) is 0 Å². The highest BCUT2D eigenvalue weighted by atomic mass is 16.5. The molecule has 1 saturated heterocycles. The van der Waals surface area contributed by atoms with Crippen LogP contribution in [-0.4, -0.2) is 61.6 Å². The van der Waals surface area contributed by atoms with Gasteiger partial charge in [-0.25, -0.2) is 4.79 Å². The van der Waals surface area contributed by atoms with E-state index in [4.69, 9.17) is 4.74 Å². The molecule has 22 heavy (non-hydrogen) atoms. The summed E-state index contributed by atoms with van der Waals surface area (Å²) < 4.78 is 5.71. The number of amides is 3. The summed E-state index contributed by atoms with van der Waals surface area (Å²) in [6.07, 6.45) is 1.75. The molecular weight excluding hydrogens is 282 g/mol. The zero-order valence-corrected chi connectivity index (χ0v) is 13.0. The fourth-order valence-corrected chi connectivity index (χ4v) is 2.40. The number of ether oxygens (including phenoxy) is 1. The van der Waals surface area contributed by atoms with E-state index in [9.17, 15) is 9.59 Å². The standard InChI is InChI=1S/C16H23N3O3/c1-2-14-5-3-4-6-15(14)22-12-7-17-16(21)19-10-8-18(13-20)9-11-19/h3-6,13H,2,7-12H2,1H3,(H,17,21). The zero-order valence-electron chi connectivity index (χ0n) is 13.0. The van der Waals surface area contributed by atoms with Gasteiger partial charge in [-0.3, -0.25) is 4.79 Å². The van der Waals surface area contributed by atoms with E-state index in [1.165, 1.54) is 5.56 Å². The highest BCUT2D eigenvalue weighted by molar-refractivity contribution is 5.74. The SMILES string of the molecule is CCc1ccccc1OCCNC(=O)N1CCN(C=O)CC1. The quantitative estimate of drug-likeness (QED) is 0.632. The number of hydrogen-bond acceptors (Lipinski definition) is 3. The maximum absolute atomic E-state index is 12.0. The lowest BCUT2D eigenvalue weighted by Gasteiger charge is -2.32. The van der Waals surface area contributed by atoms with Gasteiger partial charge in [0.2, 0.25) is 6.41 Å². The smallest absolute Gasteiger partial charge is 0.317 e. The summed E-state index contributed by atoms with van der Waals surface area (Å²) in [6, 6.07) is 7.82. The molecule has 0 saturated carbocycles. The van der Waals surface area contributed by atoms with Crippen LogP contribution in [0.4, 0.5) is 4.79 Å². The first-order valence-electron chi connectivity index (χ1n) is 7.67. The normalized spacial score (nSPS) is 14.6. The maximum atomic E-state index is 12.0. The molecule has 0 aromatic heterocycles. The van der Waals surface area contributed by atoms with E-state index in [0.29, 0.717) is 39.3 Å². The van der Waals surface area contributed by atoms with Crippen LogP contribution in [0.2, 0.25) is 0 Å². The van der Waals surface area contributed by atoms with Crippen molar-refractivity contribution >= 4 is 12.4 Å². The van der Waals surface area contributed by atoms with Gasteiger partial charge in [-0.15, -0.1) is 0 Å². The van der Waals surface area contributed by atoms with Crippen LogP contribution in [0.5, 0.6) is 5.75 Å². The minimum atomic E-state index is -0.0991. The number of benzene rings is 1. The summed E-state index contributed by atoms with van der Waals surface area (Å²) >= 11 is 0. The molecule has 1 aromatic rings. The Morgan fingerprint density at radius 2 is 2.00 bits per heavy atom. The van der Waals surface area contributed by atoms with E-state index in [2.05, 4.69) is 12.2 Å². The van der Waals surface area contributed by atoms with E-state index in [0.717, 1.165) is 18.6 Å². The lowest BCUT2D eigenvalue weighted by Crippen LogP contribution is -2.51. The average molecular weight is 305 g/mol. The molecule has 0 unspecified atom stereocenters. The van der Waals surface area contributed by atoms with E-state index < -0.39 is 0 Å². The molecule has 1 N–H and O–H groups in total. The number of nitrogens with one attached hydrogen (secondary N) is 1. The van der Waals surface area contributed by atoms with Gasteiger partial charge in [0.25, 0.3) is 0 Å².